The summed E-state index contributed by atoms with van der Waals surface area (Å²) in [6.45, 7) is 4.48. The Morgan fingerprint density at radius 1 is 1.00 bits per heavy atom. The molecule has 12 heteroatoms. The van der Waals surface area contributed by atoms with Crippen molar-refractivity contribution in [3.63, 3.8) is 0 Å². The molecule has 0 aliphatic rings. The zero-order valence-electron chi connectivity index (χ0n) is 19.7. The molecule has 1 aromatic carbocycles. The second-order valence-corrected chi connectivity index (χ2v) is 9.04. The third kappa shape index (κ3) is 4.50. The van der Waals surface area contributed by atoms with E-state index in [9.17, 15) is 22.6 Å². The summed E-state index contributed by atoms with van der Waals surface area (Å²) in [5.74, 6) is 0.718. The first-order valence-electron chi connectivity index (χ1n) is 10.7. The summed E-state index contributed by atoms with van der Waals surface area (Å²) < 4.78 is 48.2. The monoisotopic (exact) mass is 492 g/mol. The Bertz CT molecular complexity index is 1480. The lowest BCUT2D eigenvalue weighted by Crippen LogP contribution is -2.40. The molecule has 0 saturated carbocycles. The minimum atomic E-state index is -4.58. The predicted octanol–water partition coefficient (Wildman–Crippen LogP) is 2.15. The van der Waals surface area contributed by atoms with Gasteiger partial charge < -0.3 is 14.0 Å². The van der Waals surface area contributed by atoms with Gasteiger partial charge in [0, 0.05) is 26.2 Å². The molecule has 184 valence electrons. The minimum Gasteiger partial charge on any atom is -0.493 e. The predicted molar refractivity (Wildman–Crippen MR) is 128 cm³/mol. The van der Waals surface area contributed by atoms with Gasteiger partial charge in [-0.05, 0) is 36.6 Å². The van der Waals surface area contributed by atoms with Crippen molar-refractivity contribution in [2.45, 2.75) is 44.7 Å². The number of rotatable bonds is 9. The SMILES string of the molecule is CCCn1c(=O)c2c(nc(C=Cc3cc(OC)c(OC)cc3S(=O)(=O)O)n2C)n(CCC)c1=O. The zero-order chi connectivity index (χ0) is 25.2. The molecule has 11 nitrogen and oxygen atoms in total. The average Bonchev–Trinajstić information content (AvgIpc) is 3.12. The molecule has 2 heterocycles. The van der Waals surface area contributed by atoms with Crippen molar-refractivity contribution in [2.24, 2.45) is 7.05 Å². The van der Waals surface area contributed by atoms with E-state index in [1.165, 1.54) is 41.6 Å². The summed E-state index contributed by atoms with van der Waals surface area (Å²) in [5.41, 5.74) is -0.198. The summed E-state index contributed by atoms with van der Waals surface area (Å²) in [6.07, 6.45) is 4.22. The first-order chi connectivity index (χ1) is 16.1. The molecule has 0 saturated heterocycles. The number of fused-ring (bicyclic) bond motifs is 1. The second-order valence-electron chi connectivity index (χ2n) is 7.65. The Labute approximate surface area is 196 Å². The van der Waals surface area contributed by atoms with Crippen molar-refractivity contribution in [1.82, 2.24) is 18.7 Å². The van der Waals surface area contributed by atoms with Crippen LogP contribution in [0.15, 0.2) is 26.6 Å². The lowest BCUT2D eigenvalue weighted by atomic mass is 10.2. The van der Waals surface area contributed by atoms with Gasteiger partial charge in [0.2, 0.25) is 0 Å². The molecule has 0 fully saturated rings. The first kappa shape index (κ1) is 25.2. The normalized spacial score (nSPS) is 12.1. The number of imidazole rings is 1. The van der Waals surface area contributed by atoms with Crippen molar-refractivity contribution in [3.8, 4) is 11.5 Å². The van der Waals surface area contributed by atoms with Gasteiger partial charge in [-0.15, -0.1) is 0 Å². The maximum absolute atomic E-state index is 13.1. The van der Waals surface area contributed by atoms with Crippen LogP contribution in [0.4, 0.5) is 0 Å². The summed E-state index contributed by atoms with van der Waals surface area (Å²) >= 11 is 0. The molecule has 0 aliphatic carbocycles. The topological polar surface area (TPSA) is 135 Å². The Morgan fingerprint density at radius 3 is 2.15 bits per heavy atom. The smallest absolute Gasteiger partial charge is 0.332 e. The maximum atomic E-state index is 13.1. The maximum Gasteiger partial charge on any atom is 0.332 e. The highest BCUT2D eigenvalue weighted by Crippen LogP contribution is 2.33. The Hall–Kier alpha value is -3.38. The summed E-state index contributed by atoms with van der Waals surface area (Å²) in [5, 5.41) is 0. The Balaban J connectivity index is 2.26. The van der Waals surface area contributed by atoms with Gasteiger partial charge in [-0.1, -0.05) is 13.8 Å². The highest BCUT2D eigenvalue weighted by Gasteiger charge is 2.21. The van der Waals surface area contributed by atoms with Crippen molar-refractivity contribution in [2.75, 3.05) is 14.2 Å². The van der Waals surface area contributed by atoms with Gasteiger partial charge >= 0.3 is 5.69 Å². The number of benzene rings is 1. The molecule has 0 spiro atoms. The number of hydrogen-bond donors (Lipinski definition) is 1. The molecule has 0 amide bonds. The molecular weight excluding hydrogens is 464 g/mol. The lowest BCUT2D eigenvalue weighted by molar-refractivity contribution is 0.353. The van der Waals surface area contributed by atoms with Crippen LogP contribution in [0.25, 0.3) is 23.3 Å². The number of ether oxygens (including phenoxy) is 2. The molecule has 1 N–H and O–H groups in total. The largest absolute Gasteiger partial charge is 0.493 e. The van der Waals surface area contributed by atoms with Crippen LogP contribution < -0.4 is 20.7 Å². The van der Waals surface area contributed by atoms with Gasteiger partial charge in [-0.25, -0.2) is 9.78 Å². The molecule has 2 aromatic heterocycles. The van der Waals surface area contributed by atoms with Crippen molar-refractivity contribution >= 4 is 33.4 Å². The summed E-state index contributed by atoms with van der Waals surface area (Å²) in [4.78, 5) is 30.1. The van der Waals surface area contributed by atoms with E-state index in [1.807, 2.05) is 13.8 Å². The van der Waals surface area contributed by atoms with Gasteiger partial charge in [0.05, 0.1) is 14.2 Å². The number of hydrogen-bond acceptors (Lipinski definition) is 7. The molecule has 0 radical (unpaired) electrons. The third-order valence-corrected chi connectivity index (χ3v) is 6.29. The van der Waals surface area contributed by atoms with E-state index in [0.29, 0.717) is 25.2 Å². The molecule has 3 aromatic rings. The van der Waals surface area contributed by atoms with E-state index in [-0.39, 0.29) is 39.7 Å². The van der Waals surface area contributed by atoms with Crippen LogP contribution in [0.5, 0.6) is 11.5 Å². The van der Waals surface area contributed by atoms with E-state index in [4.69, 9.17) is 9.47 Å². The quantitative estimate of drug-likeness (QED) is 0.449. The molecule has 0 atom stereocenters. The van der Waals surface area contributed by atoms with Crippen LogP contribution in [0, 0.1) is 0 Å². The Morgan fingerprint density at radius 2 is 1.59 bits per heavy atom. The Kier molecular flexibility index (Phi) is 7.32. The fourth-order valence-corrected chi connectivity index (χ4v) is 4.45. The minimum absolute atomic E-state index is 0.126. The van der Waals surface area contributed by atoms with Crippen LogP contribution in [-0.4, -0.2) is 45.9 Å². The van der Waals surface area contributed by atoms with E-state index >= 15 is 0 Å². The lowest BCUT2D eigenvalue weighted by Gasteiger charge is -2.11. The standard InChI is InChI=1S/C22H28N4O7S/c1-6-10-25-20-19(21(27)26(11-7-2)22(25)28)24(3)18(23-20)9-8-14-12-15(32-4)16(33-5)13-17(14)34(29,30)31/h8-9,12-13H,6-7,10-11H2,1-5H3,(H,29,30,31). The van der Waals surface area contributed by atoms with Crippen LogP contribution in [-0.2, 0) is 30.3 Å². The van der Waals surface area contributed by atoms with Gasteiger partial charge in [0.15, 0.2) is 22.7 Å². The number of methoxy groups -OCH3 is 2. The van der Waals surface area contributed by atoms with Gasteiger partial charge in [-0.3, -0.25) is 18.5 Å². The van der Waals surface area contributed by atoms with Crippen LogP contribution in [0.1, 0.15) is 38.1 Å². The molecule has 0 unspecified atom stereocenters. The third-order valence-electron chi connectivity index (χ3n) is 5.38. The highest BCUT2D eigenvalue weighted by atomic mass is 32.2. The van der Waals surface area contributed by atoms with Crippen molar-refractivity contribution in [1.29, 1.82) is 0 Å². The van der Waals surface area contributed by atoms with E-state index < -0.39 is 21.4 Å². The molecule has 0 aliphatic heterocycles. The number of nitrogens with zero attached hydrogens (tertiary/aromatic N) is 4. The highest BCUT2D eigenvalue weighted by molar-refractivity contribution is 7.86. The molecule has 0 bridgehead atoms. The van der Waals surface area contributed by atoms with E-state index in [2.05, 4.69) is 4.98 Å². The second kappa shape index (κ2) is 9.85. The van der Waals surface area contributed by atoms with Gasteiger partial charge in [0.25, 0.3) is 15.7 Å². The molecular formula is C22H28N4O7S. The number of aromatic nitrogens is 4. The van der Waals surface area contributed by atoms with Crippen molar-refractivity contribution < 1.29 is 22.4 Å². The van der Waals surface area contributed by atoms with Crippen LogP contribution in [0.3, 0.4) is 0 Å². The fraction of sp³-hybridized carbons (Fsp3) is 0.409. The van der Waals surface area contributed by atoms with E-state index in [0.717, 1.165) is 6.07 Å². The van der Waals surface area contributed by atoms with E-state index in [1.54, 1.807) is 11.6 Å². The number of aryl methyl sites for hydroxylation is 2. The van der Waals surface area contributed by atoms with Crippen LogP contribution >= 0.6 is 0 Å². The van der Waals surface area contributed by atoms with Gasteiger partial charge in [-0.2, -0.15) is 8.42 Å². The summed E-state index contributed by atoms with van der Waals surface area (Å²) in [7, 11) is -0.187. The fourth-order valence-electron chi connectivity index (χ4n) is 3.77. The van der Waals surface area contributed by atoms with Gasteiger partial charge in [0.1, 0.15) is 10.7 Å². The average molecular weight is 493 g/mol. The van der Waals surface area contributed by atoms with Crippen LogP contribution in [0.2, 0.25) is 0 Å². The summed E-state index contributed by atoms with van der Waals surface area (Å²) in [6, 6.07) is 2.56. The van der Waals surface area contributed by atoms with Crippen molar-refractivity contribution in [3.05, 3.63) is 44.4 Å². The molecule has 3 rings (SSSR count). The molecule has 34 heavy (non-hydrogen) atoms. The first-order valence-corrected chi connectivity index (χ1v) is 12.1. The zero-order valence-corrected chi connectivity index (χ0v) is 20.5.